The molecule has 1 atom stereocenters. The lowest BCUT2D eigenvalue weighted by Gasteiger charge is -2.10. The molecule has 6 heteroatoms. The van der Waals surface area contributed by atoms with E-state index in [1.54, 1.807) is 0 Å². The molecule has 3 aromatic carbocycles. The van der Waals surface area contributed by atoms with E-state index in [0.29, 0.717) is 17.8 Å². The van der Waals surface area contributed by atoms with Crippen molar-refractivity contribution >= 4 is 22.7 Å². The van der Waals surface area contributed by atoms with Crippen molar-refractivity contribution in [2.75, 3.05) is 0 Å². The summed E-state index contributed by atoms with van der Waals surface area (Å²) in [7, 11) is 0. The smallest absolute Gasteiger partial charge is 0.332 e. The summed E-state index contributed by atoms with van der Waals surface area (Å²) in [6, 6.07) is 22.9. The average Bonchev–Trinajstić information content (AvgIpc) is 3.16. The highest BCUT2D eigenvalue weighted by molar-refractivity contribution is 6.14. The Morgan fingerprint density at radius 2 is 1.72 bits per heavy atom. The van der Waals surface area contributed by atoms with Gasteiger partial charge in [-0.05, 0) is 31.0 Å². The summed E-state index contributed by atoms with van der Waals surface area (Å²) in [5, 5.41) is 14.5. The van der Waals surface area contributed by atoms with Crippen molar-refractivity contribution in [2.45, 2.75) is 33.1 Å². The minimum Gasteiger partial charge on any atom is -0.479 e. The van der Waals surface area contributed by atoms with Gasteiger partial charge in [-0.3, -0.25) is 9.48 Å². The summed E-state index contributed by atoms with van der Waals surface area (Å²) >= 11 is 0. The second kappa shape index (κ2) is 9.16. The fourth-order valence-corrected chi connectivity index (χ4v) is 3.54. The van der Waals surface area contributed by atoms with Gasteiger partial charge in [0.15, 0.2) is 6.10 Å². The van der Waals surface area contributed by atoms with Gasteiger partial charge in [-0.15, -0.1) is 0 Å². The number of aromatic nitrogens is 2. The van der Waals surface area contributed by atoms with Crippen LogP contribution in [0.15, 0.2) is 72.8 Å². The molecule has 0 amide bonds. The third-order valence-electron chi connectivity index (χ3n) is 5.36. The van der Waals surface area contributed by atoms with E-state index < -0.39 is 12.1 Å². The zero-order valence-corrected chi connectivity index (χ0v) is 18.0. The summed E-state index contributed by atoms with van der Waals surface area (Å²) in [6.45, 7) is 4.18. The van der Waals surface area contributed by atoms with E-state index in [1.165, 1.54) is 6.92 Å². The van der Waals surface area contributed by atoms with Crippen molar-refractivity contribution in [1.82, 2.24) is 9.78 Å². The molecule has 0 aliphatic rings. The van der Waals surface area contributed by atoms with Crippen molar-refractivity contribution in [3.63, 3.8) is 0 Å². The van der Waals surface area contributed by atoms with Gasteiger partial charge in [-0.2, -0.15) is 5.10 Å². The largest absolute Gasteiger partial charge is 0.479 e. The molecule has 1 aromatic heterocycles. The molecule has 0 saturated heterocycles. The second-order valence-corrected chi connectivity index (χ2v) is 7.83. The topological polar surface area (TPSA) is 81.4 Å². The predicted octanol–water partition coefficient (Wildman–Crippen LogP) is 4.61. The molecule has 0 spiro atoms. The van der Waals surface area contributed by atoms with Crippen LogP contribution in [0.5, 0.6) is 0 Å². The SMILES string of the molecule is Cc1ccc(C(=O)c2nn(Cc3cccc(CO[C@H](C)C(=O)O)c3)c3ccccc23)cc1. The number of aryl methyl sites for hydroxylation is 1. The Hall–Kier alpha value is -3.77. The minimum atomic E-state index is -0.991. The Morgan fingerprint density at radius 1 is 1.00 bits per heavy atom. The van der Waals surface area contributed by atoms with Gasteiger partial charge in [0.25, 0.3) is 0 Å². The van der Waals surface area contributed by atoms with Crippen LogP contribution in [0.1, 0.15) is 39.7 Å². The number of ether oxygens (including phenoxy) is 1. The van der Waals surface area contributed by atoms with Gasteiger partial charge in [-0.25, -0.2) is 4.79 Å². The fourth-order valence-electron chi connectivity index (χ4n) is 3.54. The molecule has 0 unspecified atom stereocenters. The normalized spacial score (nSPS) is 12.1. The molecular formula is C26H24N2O4. The number of carbonyl (C=O) groups excluding carboxylic acids is 1. The molecule has 0 aliphatic heterocycles. The number of para-hydroxylation sites is 1. The number of benzene rings is 3. The van der Waals surface area contributed by atoms with Crippen LogP contribution in [0.4, 0.5) is 0 Å². The Balaban J connectivity index is 1.62. The minimum absolute atomic E-state index is 0.107. The first-order valence-corrected chi connectivity index (χ1v) is 10.4. The Labute approximate surface area is 186 Å². The van der Waals surface area contributed by atoms with Crippen LogP contribution in [0, 0.1) is 6.92 Å². The van der Waals surface area contributed by atoms with Crippen molar-refractivity contribution in [1.29, 1.82) is 0 Å². The summed E-state index contributed by atoms with van der Waals surface area (Å²) < 4.78 is 7.22. The van der Waals surface area contributed by atoms with Gasteiger partial charge in [0.2, 0.25) is 5.78 Å². The van der Waals surface area contributed by atoms with Crippen molar-refractivity contribution < 1.29 is 19.4 Å². The van der Waals surface area contributed by atoms with Gasteiger partial charge >= 0.3 is 5.97 Å². The summed E-state index contributed by atoms with van der Waals surface area (Å²) in [4.78, 5) is 24.1. The van der Waals surface area contributed by atoms with Crippen LogP contribution in [0.25, 0.3) is 10.9 Å². The molecule has 32 heavy (non-hydrogen) atoms. The van der Waals surface area contributed by atoms with Gasteiger partial charge in [0.1, 0.15) is 5.69 Å². The first-order chi connectivity index (χ1) is 15.4. The van der Waals surface area contributed by atoms with Crippen LogP contribution in [-0.4, -0.2) is 32.7 Å². The number of carboxylic acids is 1. The highest BCUT2D eigenvalue weighted by Gasteiger charge is 2.19. The Morgan fingerprint density at radius 3 is 2.47 bits per heavy atom. The number of carbonyl (C=O) groups is 2. The van der Waals surface area contributed by atoms with E-state index in [4.69, 9.17) is 9.84 Å². The number of nitrogens with zero attached hydrogens (tertiary/aromatic N) is 2. The zero-order valence-electron chi connectivity index (χ0n) is 18.0. The number of carboxylic acid groups (broad SMARTS) is 1. The maximum Gasteiger partial charge on any atom is 0.332 e. The third-order valence-corrected chi connectivity index (χ3v) is 5.36. The van der Waals surface area contributed by atoms with Crippen molar-refractivity contribution in [3.8, 4) is 0 Å². The molecule has 6 nitrogen and oxygen atoms in total. The molecule has 0 radical (unpaired) electrons. The van der Waals surface area contributed by atoms with E-state index in [2.05, 4.69) is 5.10 Å². The van der Waals surface area contributed by atoms with E-state index >= 15 is 0 Å². The summed E-state index contributed by atoms with van der Waals surface area (Å²) in [6.07, 6.45) is -0.871. The first kappa shape index (κ1) is 21.5. The molecule has 0 saturated carbocycles. The van der Waals surface area contributed by atoms with Gasteiger partial charge in [0.05, 0.1) is 18.7 Å². The molecule has 0 fully saturated rings. The van der Waals surface area contributed by atoms with Crippen LogP contribution >= 0.6 is 0 Å². The molecule has 162 valence electrons. The zero-order chi connectivity index (χ0) is 22.7. The van der Waals surface area contributed by atoms with Crippen LogP contribution < -0.4 is 0 Å². The van der Waals surface area contributed by atoms with Crippen molar-refractivity contribution in [3.05, 3.63) is 101 Å². The lowest BCUT2D eigenvalue weighted by Crippen LogP contribution is -2.19. The highest BCUT2D eigenvalue weighted by Crippen LogP contribution is 2.23. The number of aliphatic carboxylic acids is 1. The van der Waals surface area contributed by atoms with Gasteiger partial charge in [0, 0.05) is 10.9 Å². The number of rotatable bonds is 8. The fraction of sp³-hybridized carbons (Fsp3) is 0.192. The van der Waals surface area contributed by atoms with Gasteiger partial charge < -0.3 is 9.84 Å². The first-order valence-electron chi connectivity index (χ1n) is 10.4. The Kier molecular flexibility index (Phi) is 6.14. The highest BCUT2D eigenvalue weighted by atomic mass is 16.5. The van der Waals surface area contributed by atoms with Crippen LogP contribution in [0.3, 0.4) is 0 Å². The average molecular weight is 428 g/mol. The Bertz CT molecular complexity index is 1270. The predicted molar refractivity (Wildman–Crippen MR) is 122 cm³/mol. The van der Waals surface area contributed by atoms with E-state index in [1.807, 2.05) is 84.4 Å². The summed E-state index contributed by atoms with van der Waals surface area (Å²) in [5.41, 5.74) is 4.87. The lowest BCUT2D eigenvalue weighted by atomic mass is 10.0. The molecule has 0 bridgehead atoms. The van der Waals surface area contributed by atoms with Crippen LogP contribution in [0.2, 0.25) is 0 Å². The maximum absolute atomic E-state index is 13.2. The maximum atomic E-state index is 13.2. The molecule has 4 aromatic rings. The molecule has 4 rings (SSSR count). The number of hydrogen-bond donors (Lipinski definition) is 1. The van der Waals surface area contributed by atoms with E-state index in [-0.39, 0.29) is 12.4 Å². The van der Waals surface area contributed by atoms with E-state index in [0.717, 1.165) is 27.6 Å². The van der Waals surface area contributed by atoms with Crippen LogP contribution in [-0.2, 0) is 22.7 Å². The molecule has 1 N–H and O–H groups in total. The quantitative estimate of drug-likeness (QED) is 0.414. The lowest BCUT2D eigenvalue weighted by molar-refractivity contribution is -0.149. The van der Waals surface area contributed by atoms with Gasteiger partial charge in [-0.1, -0.05) is 72.3 Å². The van der Waals surface area contributed by atoms with E-state index in [9.17, 15) is 9.59 Å². The second-order valence-electron chi connectivity index (χ2n) is 7.83. The number of hydrogen-bond acceptors (Lipinski definition) is 4. The molecular weight excluding hydrogens is 404 g/mol. The van der Waals surface area contributed by atoms with Crippen molar-refractivity contribution in [2.24, 2.45) is 0 Å². The number of fused-ring (bicyclic) bond motifs is 1. The monoisotopic (exact) mass is 428 g/mol. The third kappa shape index (κ3) is 4.60. The standard InChI is InChI=1S/C26H24N2O4/c1-17-10-12-21(13-11-17)25(29)24-22-8-3-4-9-23(22)28(27-24)15-19-6-5-7-20(14-19)16-32-18(2)26(30)31/h3-14,18H,15-16H2,1-2H3,(H,30,31)/t18-/m1/s1. The molecule has 1 heterocycles. The number of ketones is 1. The summed E-state index contributed by atoms with van der Waals surface area (Å²) in [5.74, 6) is -1.10. The molecule has 0 aliphatic carbocycles.